The van der Waals surface area contributed by atoms with E-state index in [2.05, 4.69) is 10.6 Å². The van der Waals surface area contributed by atoms with E-state index >= 15 is 0 Å². The summed E-state index contributed by atoms with van der Waals surface area (Å²) in [5.41, 5.74) is 1.47. The molecule has 2 aromatic rings. The summed E-state index contributed by atoms with van der Waals surface area (Å²) in [4.78, 5) is 46.8. The van der Waals surface area contributed by atoms with Crippen LogP contribution < -0.4 is 10.6 Å². The van der Waals surface area contributed by atoms with Gasteiger partial charge in [-0.25, -0.2) is 9.59 Å². The predicted octanol–water partition coefficient (Wildman–Crippen LogP) is 1.17. The van der Waals surface area contributed by atoms with Crippen LogP contribution in [-0.4, -0.2) is 46.0 Å². The Kier molecular flexibility index (Phi) is 8.31. The van der Waals surface area contributed by atoms with E-state index in [-0.39, 0.29) is 12.8 Å². The average molecular weight is 410 g/mol. The van der Waals surface area contributed by atoms with Gasteiger partial charge in [-0.15, -0.1) is 0 Å². The lowest BCUT2D eigenvalue weighted by Crippen LogP contribution is -2.42. The van der Waals surface area contributed by atoms with Crippen LogP contribution in [-0.2, 0) is 32.0 Å². The molecule has 2 atom stereocenters. The van der Waals surface area contributed by atoms with E-state index < -0.39 is 35.8 Å². The quantitative estimate of drug-likeness (QED) is 0.435. The Balaban J connectivity index is 1.92. The summed E-state index contributed by atoms with van der Waals surface area (Å²) in [6, 6.07) is 15.2. The number of amides is 2. The van der Waals surface area contributed by atoms with Crippen LogP contribution in [0.15, 0.2) is 72.8 Å². The Morgan fingerprint density at radius 1 is 0.667 bits per heavy atom. The summed E-state index contributed by atoms with van der Waals surface area (Å²) < 4.78 is 0. The van der Waals surface area contributed by atoms with Crippen LogP contribution >= 0.6 is 0 Å². The van der Waals surface area contributed by atoms with Gasteiger partial charge in [0.1, 0.15) is 12.1 Å². The van der Waals surface area contributed by atoms with E-state index in [1.54, 1.807) is 60.7 Å². The third-order valence-electron chi connectivity index (χ3n) is 4.18. The van der Waals surface area contributed by atoms with Crippen LogP contribution in [0.4, 0.5) is 0 Å². The molecule has 0 aliphatic rings. The van der Waals surface area contributed by atoms with Gasteiger partial charge >= 0.3 is 11.9 Å². The third kappa shape index (κ3) is 7.59. The zero-order valence-electron chi connectivity index (χ0n) is 16.0. The van der Waals surface area contributed by atoms with Gasteiger partial charge in [0.25, 0.3) is 0 Å². The number of carbonyl (C=O) groups excluding carboxylic acids is 2. The maximum Gasteiger partial charge on any atom is 0.326 e. The van der Waals surface area contributed by atoms with Crippen molar-refractivity contribution in [3.63, 3.8) is 0 Å². The van der Waals surface area contributed by atoms with Crippen LogP contribution in [0.25, 0.3) is 0 Å². The molecule has 2 aromatic carbocycles. The van der Waals surface area contributed by atoms with Gasteiger partial charge in [-0.2, -0.15) is 0 Å². The molecule has 0 aliphatic carbocycles. The van der Waals surface area contributed by atoms with Crippen molar-refractivity contribution < 1.29 is 29.4 Å². The normalized spacial score (nSPS) is 12.7. The molecule has 8 heteroatoms. The second kappa shape index (κ2) is 11.2. The first kappa shape index (κ1) is 22.4. The number of nitrogens with one attached hydrogen (secondary N) is 2. The molecular weight excluding hydrogens is 388 g/mol. The number of carboxylic acid groups (broad SMARTS) is 2. The second-order valence-corrected chi connectivity index (χ2v) is 6.51. The highest BCUT2D eigenvalue weighted by atomic mass is 16.4. The van der Waals surface area contributed by atoms with Crippen LogP contribution in [0.3, 0.4) is 0 Å². The van der Waals surface area contributed by atoms with E-state index in [4.69, 9.17) is 0 Å². The first-order chi connectivity index (χ1) is 14.3. The van der Waals surface area contributed by atoms with Gasteiger partial charge in [-0.1, -0.05) is 60.7 Å². The standard InChI is InChI=1S/C22H22N2O6/c25-19(23-17(21(27)28)13-15-7-3-1-4-8-15)11-12-20(26)24-18(22(29)30)14-16-9-5-2-6-10-16/h1-12,17-18H,13-14H2,(H,23,25)(H,24,26)(H,27,28)(H,29,30)/b12-11+/t17-,18-/m0/s1. The summed E-state index contributed by atoms with van der Waals surface area (Å²) in [5, 5.41) is 23.2. The van der Waals surface area contributed by atoms with E-state index in [0.29, 0.717) is 0 Å². The average Bonchev–Trinajstić information content (AvgIpc) is 2.72. The Hall–Kier alpha value is -3.94. The van der Waals surface area contributed by atoms with E-state index in [0.717, 1.165) is 23.3 Å². The summed E-state index contributed by atoms with van der Waals surface area (Å²) in [6.45, 7) is 0. The SMILES string of the molecule is O=C(/C=C/C(=O)N[C@@H](Cc1ccccc1)C(=O)O)N[C@@H](Cc1ccccc1)C(=O)O. The maximum absolute atomic E-state index is 12.0. The van der Waals surface area contributed by atoms with Crippen molar-refractivity contribution in [2.45, 2.75) is 24.9 Å². The Bertz CT molecular complexity index is 836. The number of rotatable bonds is 10. The Morgan fingerprint density at radius 2 is 1.00 bits per heavy atom. The predicted molar refractivity (Wildman–Crippen MR) is 109 cm³/mol. The van der Waals surface area contributed by atoms with Crippen molar-refractivity contribution >= 4 is 23.8 Å². The molecule has 156 valence electrons. The molecule has 0 fully saturated rings. The van der Waals surface area contributed by atoms with Gasteiger partial charge in [0.2, 0.25) is 11.8 Å². The minimum absolute atomic E-state index is 0.0834. The van der Waals surface area contributed by atoms with Gasteiger partial charge in [-0.3, -0.25) is 9.59 Å². The van der Waals surface area contributed by atoms with Gasteiger partial charge in [0, 0.05) is 25.0 Å². The summed E-state index contributed by atoms with van der Waals surface area (Å²) >= 11 is 0. The molecular formula is C22H22N2O6. The number of carbonyl (C=O) groups is 4. The Morgan fingerprint density at radius 3 is 1.30 bits per heavy atom. The second-order valence-electron chi connectivity index (χ2n) is 6.51. The van der Waals surface area contributed by atoms with Gasteiger partial charge in [0.05, 0.1) is 0 Å². The van der Waals surface area contributed by atoms with E-state index in [1.165, 1.54) is 0 Å². The zero-order valence-corrected chi connectivity index (χ0v) is 16.0. The highest BCUT2D eigenvalue weighted by Gasteiger charge is 2.21. The molecule has 2 amide bonds. The van der Waals surface area contributed by atoms with Gasteiger partial charge in [0.15, 0.2) is 0 Å². The molecule has 8 nitrogen and oxygen atoms in total. The molecule has 0 heterocycles. The monoisotopic (exact) mass is 410 g/mol. The molecule has 2 rings (SSSR count). The molecule has 0 spiro atoms. The van der Waals surface area contributed by atoms with E-state index in [9.17, 15) is 29.4 Å². The van der Waals surface area contributed by atoms with Crippen molar-refractivity contribution in [3.8, 4) is 0 Å². The molecule has 0 saturated carbocycles. The minimum atomic E-state index is -1.21. The summed E-state index contributed by atoms with van der Waals surface area (Å²) in [7, 11) is 0. The number of benzene rings is 2. The molecule has 4 N–H and O–H groups in total. The topological polar surface area (TPSA) is 133 Å². The van der Waals surface area contributed by atoms with Crippen molar-refractivity contribution in [3.05, 3.63) is 83.9 Å². The van der Waals surface area contributed by atoms with Gasteiger partial charge < -0.3 is 20.8 Å². The number of hydrogen-bond donors (Lipinski definition) is 4. The van der Waals surface area contributed by atoms with Crippen LogP contribution in [0.1, 0.15) is 11.1 Å². The third-order valence-corrected chi connectivity index (χ3v) is 4.18. The number of hydrogen-bond acceptors (Lipinski definition) is 4. The highest BCUT2D eigenvalue weighted by molar-refractivity contribution is 5.99. The lowest BCUT2D eigenvalue weighted by Gasteiger charge is -2.14. The van der Waals surface area contributed by atoms with E-state index in [1.807, 2.05) is 0 Å². The molecule has 30 heavy (non-hydrogen) atoms. The molecule has 0 saturated heterocycles. The molecule has 0 bridgehead atoms. The lowest BCUT2D eigenvalue weighted by atomic mass is 10.1. The van der Waals surface area contributed by atoms with Gasteiger partial charge in [-0.05, 0) is 11.1 Å². The first-order valence-electron chi connectivity index (χ1n) is 9.17. The van der Waals surface area contributed by atoms with Crippen LogP contribution in [0.2, 0.25) is 0 Å². The molecule has 0 aromatic heterocycles. The van der Waals surface area contributed by atoms with Crippen molar-refractivity contribution in [1.82, 2.24) is 10.6 Å². The fourth-order valence-electron chi connectivity index (χ4n) is 2.69. The molecule has 0 aliphatic heterocycles. The number of carboxylic acids is 2. The van der Waals surface area contributed by atoms with Crippen molar-refractivity contribution in [1.29, 1.82) is 0 Å². The first-order valence-corrected chi connectivity index (χ1v) is 9.17. The zero-order chi connectivity index (χ0) is 21.9. The summed E-state index contributed by atoms with van der Waals surface area (Å²) in [5.74, 6) is -3.97. The van der Waals surface area contributed by atoms with Crippen LogP contribution in [0.5, 0.6) is 0 Å². The fraction of sp³-hybridized carbons (Fsp3) is 0.182. The van der Waals surface area contributed by atoms with Crippen molar-refractivity contribution in [2.75, 3.05) is 0 Å². The summed E-state index contributed by atoms with van der Waals surface area (Å²) in [6.07, 6.45) is 1.91. The van der Waals surface area contributed by atoms with Crippen molar-refractivity contribution in [2.24, 2.45) is 0 Å². The number of aliphatic carboxylic acids is 2. The smallest absolute Gasteiger partial charge is 0.326 e. The fourth-order valence-corrected chi connectivity index (χ4v) is 2.69. The largest absolute Gasteiger partial charge is 0.480 e. The maximum atomic E-state index is 12.0. The lowest BCUT2D eigenvalue weighted by molar-refractivity contribution is -0.141. The van der Waals surface area contributed by atoms with Crippen LogP contribution in [0, 0.1) is 0 Å². The Labute approximate surface area is 173 Å². The highest BCUT2D eigenvalue weighted by Crippen LogP contribution is 2.05. The minimum Gasteiger partial charge on any atom is -0.480 e. The molecule has 0 radical (unpaired) electrons. The molecule has 0 unspecified atom stereocenters.